The number of thioether (sulfide) groups is 1. The van der Waals surface area contributed by atoms with Crippen LogP contribution < -0.4 is 15.1 Å². The molecule has 34 heavy (non-hydrogen) atoms. The van der Waals surface area contributed by atoms with Gasteiger partial charge in [-0.05, 0) is 36.1 Å². The van der Waals surface area contributed by atoms with Gasteiger partial charge in [0.25, 0.3) is 5.91 Å². The lowest BCUT2D eigenvalue weighted by molar-refractivity contribution is -0.119. The molecule has 5 rings (SSSR count). The second kappa shape index (κ2) is 9.50. The topological polar surface area (TPSA) is 83.4 Å². The standard InChI is InChI=1S/C25H28N6O2S/c1-17-10-11-30(13-17)19-8-9-22-21(12-19)29(2)25(33)20(15-34-22)27-24(32)23-26-16-31(28-23)14-18-6-4-3-5-7-18/h3-9,12,16-17,20H,10-11,13-15H2,1-2H3,(H,27,32)/t17-,20+/m1/s1. The van der Waals surface area contributed by atoms with Crippen molar-refractivity contribution in [3.8, 4) is 0 Å². The van der Waals surface area contributed by atoms with E-state index in [1.54, 1.807) is 28.4 Å². The van der Waals surface area contributed by atoms with Crippen molar-refractivity contribution in [1.29, 1.82) is 0 Å². The second-order valence-electron chi connectivity index (χ2n) is 8.98. The third-order valence-corrected chi connectivity index (χ3v) is 7.52. The number of anilines is 2. The zero-order valence-electron chi connectivity index (χ0n) is 19.3. The highest BCUT2D eigenvalue weighted by Gasteiger charge is 2.31. The van der Waals surface area contributed by atoms with Crippen LogP contribution in [0.4, 0.5) is 11.4 Å². The number of benzene rings is 2. The van der Waals surface area contributed by atoms with Crippen LogP contribution >= 0.6 is 11.8 Å². The highest BCUT2D eigenvalue weighted by Crippen LogP contribution is 2.37. The minimum atomic E-state index is -0.661. The molecule has 0 aliphatic carbocycles. The second-order valence-corrected chi connectivity index (χ2v) is 10.0. The van der Waals surface area contributed by atoms with E-state index < -0.39 is 11.9 Å². The van der Waals surface area contributed by atoms with Crippen molar-refractivity contribution in [1.82, 2.24) is 20.1 Å². The summed E-state index contributed by atoms with van der Waals surface area (Å²) in [5, 5.41) is 7.14. The molecule has 0 radical (unpaired) electrons. The Kier molecular flexibility index (Phi) is 6.28. The molecule has 176 valence electrons. The van der Waals surface area contributed by atoms with E-state index in [1.165, 1.54) is 12.7 Å². The molecule has 0 spiro atoms. The number of likely N-dealkylation sites (N-methyl/N-ethyl adjacent to an activating group) is 1. The summed E-state index contributed by atoms with van der Waals surface area (Å²) < 4.78 is 1.62. The van der Waals surface area contributed by atoms with E-state index >= 15 is 0 Å². The van der Waals surface area contributed by atoms with Gasteiger partial charge in [-0.25, -0.2) is 9.67 Å². The predicted octanol–water partition coefficient (Wildman–Crippen LogP) is 3.04. The Balaban J connectivity index is 1.27. The van der Waals surface area contributed by atoms with Gasteiger partial charge in [0, 0.05) is 36.5 Å². The number of hydrogen-bond donors (Lipinski definition) is 1. The quantitative estimate of drug-likeness (QED) is 0.610. The molecule has 2 atom stereocenters. The number of carbonyl (C=O) groups is 2. The first kappa shape index (κ1) is 22.5. The van der Waals surface area contributed by atoms with Gasteiger partial charge in [0.2, 0.25) is 11.7 Å². The Bertz CT molecular complexity index is 1200. The van der Waals surface area contributed by atoms with E-state index in [4.69, 9.17) is 0 Å². The van der Waals surface area contributed by atoms with Gasteiger partial charge < -0.3 is 15.1 Å². The van der Waals surface area contributed by atoms with E-state index in [9.17, 15) is 9.59 Å². The van der Waals surface area contributed by atoms with E-state index in [2.05, 4.69) is 45.4 Å². The van der Waals surface area contributed by atoms with Gasteiger partial charge in [-0.15, -0.1) is 16.9 Å². The van der Waals surface area contributed by atoms with Crippen LogP contribution in [0.15, 0.2) is 59.8 Å². The molecule has 1 aromatic heterocycles. The van der Waals surface area contributed by atoms with Crippen molar-refractivity contribution in [3.05, 3.63) is 66.2 Å². The number of amides is 2. The highest BCUT2D eigenvalue weighted by molar-refractivity contribution is 7.99. The minimum absolute atomic E-state index is 0.0589. The minimum Gasteiger partial charge on any atom is -0.371 e. The lowest BCUT2D eigenvalue weighted by atomic mass is 10.2. The van der Waals surface area contributed by atoms with Crippen molar-refractivity contribution in [2.45, 2.75) is 30.8 Å². The molecule has 1 saturated heterocycles. The van der Waals surface area contributed by atoms with Crippen molar-refractivity contribution in [2.75, 3.05) is 35.7 Å². The van der Waals surface area contributed by atoms with E-state index in [-0.39, 0.29) is 11.7 Å². The molecule has 9 heteroatoms. The fraction of sp³-hybridized carbons (Fsp3) is 0.360. The molecule has 1 N–H and O–H groups in total. The third kappa shape index (κ3) is 4.65. The Morgan fingerprint density at radius 2 is 2.03 bits per heavy atom. The molecule has 2 aromatic carbocycles. The first-order chi connectivity index (χ1) is 16.5. The highest BCUT2D eigenvalue weighted by atomic mass is 32.2. The van der Waals surface area contributed by atoms with Gasteiger partial charge in [-0.1, -0.05) is 37.3 Å². The van der Waals surface area contributed by atoms with Crippen LogP contribution in [0.3, 0.4) is 0 Å². The molecule has 0 bridgehead atoms. The van der Waals surface area contributed by atoms with E-state index in [0.717, 1.165) is 34.9 Å². The summed E-state index contributed by atoms with van der Waals surface area (Å²) in [6.45, 7) is 4.86. The van der Waals surface area contributed by atoms with Crippen LogP contribution in [0.1, 0.15) is 29.5 Å². The SMILES string of the molecule is C[C@@H]1CCN(c2ccc3c(c2)N(C)C(=O)[C@@H](NC(=O)c2ncn(Cc4ccccc4)n2)CS3)C1. The number of fused-ring (bicyclic) bond motifs is 1. The summed E-state index contributed by atoms with van der Waals surface area (Å²) in [7, 11) is 1.77. The molecule has 0 saturated carbocycles. The number of carbonyl (C=O) groups excluding carboxylic acids is 2. The summed E-state index contributed by atoms with van der Waals surface area (Å²) in [4.78, 5) is 35.3. The number of nitrogens with one attached hydrogen (secondary N) is 1. The number of nitrogens with zero attached hydrogens (tertiary/aromatic N) is 5. The number of hydrogen-bond acceptors (Lipinski definition) is 6. The fourth-order valence-corrected chi connectivity index (χ4v) is 5.50. The van der Waals surface area contributed by atoms with Gasteiger partial charge >= 0.3 is 0 Å². The number of aromatic nitrogens is 3. The summed E-state index contributed by atoms with van der Waals surface area (Å²) in [5.74, 6) is 0.597. The van der Waals surface area contributed by atoms with Crippen molar-refractivity contribution < 1.29 is 9.59 Å². The molecule has 3 aromatic rings. The Morgan fingerprint density at radius 3 is 2.79 bits per heavy atom. The maximum Gasteiger partial charge on any atom is 0.291 e. The van der Waals surface area contributed by atoms with E-state index in [1.807, 2.05) is 30.3 Å². The lowest BCUT2D eigenvalue weighted by Gasteiger charge is -2.24. The average molecular weight is 477 g/mol. The van der Waals surface area contributed by atoms with Crippen LogP contribution in [0.25, 0.3) is 0 Å². The van der Waals surface area contributed by atoms with E-state index in [0.29, 0.717) is 18.2 Å². The largest absolute Gasteiger partial charge is 0.371 e. The molecule has 2 aliphatic rings. The summed E-state index contributed by atoms with van der Waals surface area (Å²) in [6.07, 6.45) is 2.72. The molecule has 8 nitrogen and oxygen atoms in total. The van der Waals surface area contributed by atoms with Crippen LogP contribution in [-0.2, 0) is 11.3 Å². The maximum absolute atomic E-state index is 13.2. The molecular weight excluding hydrogens is 448 g/mol. The Morgan fingerprint density at radius 1 is 1.21 bits per heavy atom. The predicted molar refractivity (Wildman–Crippen MR) is 133 cm³/mol. The smallest absolute Gasteiger partial charge is 0.291 e. The summed E-state index contributed by atoms with van der Waals surface area (Å²) in [6, 6.07) is 15.5. The lowest BCUT2D eigenvalue weighted by Crippen LogP contribution is -2.48. The fourth-order valence-electron chi connectivity index (χ4n) is 4.42. The van der Waals surface area contributed by atoms with Crippen LogP contribution in [0, 0.1) is 5.92 Å². The van der Waals surface area contributed by atoms with Crippen LogP contribution in [0.2, 0.25) is 0 Å². The first-order valence-corrected chi connectivity index (χ1v) is 12.5. The average Bonchev–Trinajstić information content (AvgIpc) is 3.48. The molecule has 2 amide bonds. The molecule has 1 fully saturated rings. The molecule has 3 heterocycles. The zero-order chi connectivity index (χ0) is 23.7. The Labute approximate surface area is 203 Å². The van der Waals surface area contributed by atoms with Gasteiger partial charge in [-0.3, -0.25) is 9.59 Å². The van der Waals surface area contributed by atoms with Crippen molar-refractivity contribution >= 4 is 35.0 Å². The normalized spacial score (nSPS) is 20.2. The van der Waals surface area contributed by atoms with Gasteiger partial charge in [0.15, 0.2) is 0 Å². The van der Waals surface area contributed by atoms with Crippen molar-refractivity contribution in [2.24, 2.45) is 5.92 Å². The van der Waals surface area contributed by atoms with Crippen LogP contribution in [0.5, 0.6) is 0 Å². The summed E-state index contributed by atoms with van der Waals surface area (Å²) >= 11 is 1.58. The molecule has 0 unspecified atom stereocenters. The van der Waals surface area contributed by atoms with Gasteiger partial charge in [-0.2, -0.15) is 0 Å². The monoisotopic (exact) mass is 476 g/mol. The third-order valence-electron chi connectivity index (χ3n) is 6.36. The number of rotatable bonds is 5. The maximum atomic E-state index is 13.2. The van der Waals surface area contributed by atoms with Gasteiger partial charge in [0.05, 0.1) is 12.2 Å². The first-order valence-electron chi connectivity index (χ1n) is 11.5. The van der Waals surface area contributed by atoms with Crippen molar-refractivity contribution in [3.63, 3.8) is 0 Å². The summed E-state index contributed by atoms with van der Waals surface area (Å²) in [5.41, 5.74) is 3.09. The van der Waals surface area contributed by atoms with Crippen LogP contribution in [-0.4, -0.2) is 58.5 Å². The molecular formula is C25H28N6O2S. The van der Waals surface area contributed by atoms with Gasteiger partial charge in [0.1, 0.15) is 12.4 Å². The zero-order valence-corrected chi connectivity index (χ0v) is 20.2. The molecule has 2 aliphatic heterocycles. The Hall–Kier alpha value is -3.33.